The molecule has 5 rings (SSSR count). The van der Waals surface area contributed by atoms with Gasteiger partial charge >= 0.3 is 29.6 Å². The number of hydrogen-bond donors (Lipinski definition) is 2. The van der Waals surface area contributed by atoms with Crippen LogP contribution >= 0.6 is 46.2 Å². The van der Waals surface area contributed by atoms with Crippen LogP contribution in [-0.2, 0) is 19.2 Å². The van der Waals surface area contributed by atoms with Crippen LogP contribution in [0.2, 0.25) is 0 Å². The van der Waals surface area contributed by atoms with Gasteiger partial charge < -0.3 is 25.8 Å². The number of nitrogens with one attached hydrogen (secondary N) is 1. The van der Waals surface area contributed by atoms with Crippen LogP contribution in [0.1, 0.15) is 5.69 Å². The van der Waals surface area contributed by atoms with Gasteiger partial charge in [-0.2, -0.15) is 0 Å². The largest absolute Gasteiger partial charge is 1.00 e. The number of aromatic nitrogens is 2. The van der Waals surface area contributed by atoms with E-state index in [0.717, 1.165) is 26.5 Å². The van der Waals surface area contributed by atoms with Gasteiger partial charge in [-0.1, -0.05) is 29.1 Å². The maximum Gasteiger partial charge on any atom is 1.00 e. The first kappa shape index (κ1) is 26.9. The summed E-state index contributed by atoms with van der Waals surface area (Å²) in [5.41, 5.74) is 6.31. The SMILES string of the molecule is CO/N=C(\C(=O)NC1C(=O)N2C(C(=O)[O-])=C(Sc3nc4ccccc4s3)CS[C@@H]12)c1csc(N)n1.[Na+]. The predicted octanol–water partition coefficient (Wildman–Crippen LogP) is -2.16. The number of β-lactam (4-membered cyclic amide) rings is 1. The first-order chi connectivity index (χ1) is 16.9. The minimum absolute atomic E-state index is 0. The topological polar surface area (TPSA) is 163 Å². The number of carbonyl (C=O) groups excluding carboxylic acids is 3. The molecule has 3 N–H and O–H groups in total. The summed E-state index contributed by atoms with van der Waals surface area (Å²) in [7, 11) is 1.28. The Balaban J connectivity index is 0.00000304. The summed E-state index contributed by atoms with van der Waals surface area (Å²) < 4.78 is 1.64. The summed E-state index contributed by atoms with van der Waals surface area (Å²) in [6.45, 7) is 0. The van der Waals surface area contributed by atoms with Crippen molar-refractivity contribution >= 4 is 85.0 Å². The molecule has 3 aromatic rings. The van der Waals surface area contributed by atoms with Crippen molar-refractivity contribution in [2.75, 3.05) is 18.6 Å². The van der Waals surface area contributed by atoms with Crippen LogP contribution in [0.5, 0.6) is 0 Å². The van der Waals surface area contributed by atoms with E-state index >= 15 is 0 Å². The third-order valence-corrected chi connectivity index (χ3v) is 9.38. The number of thioether (sulfide) groups is 2. The van der Waals surface area contributed by atoms with E-state index in [1.807, 2.05) is 24.3 Å². The van der Waals surface area contributed by atoms with E-state index in [1.54, 1.807) is 5.38 Å². The van der Waals surface area contributed by atoms with Crippen molar-refractivity contribution in [3.63, 3.8) is 0 Å². The zero-order chi connectivity index (χ0) is 24.7. The minimum atomic E-state index is -1.46. The second kappa shape index (κ2) is 11.1. The molecule has 1 aromatic carbocycles. The van der Waals surface area contributed by atoms with Gasteiger partial charge in [-0.25, -0.2) is 9.97 Å². The van der Waals surface area contributed by atoms with E-state index < -0.39 is 29.2 Å². The summed E-state index contributed by atoms with van der Waals surface area (Å²) >= 11 is 5.11. The number of aliphatic carboxylic acids is 1. The third kappa shape index (κ3) is 5.01. The smallest absolute Gasteiger partial charge is 0.543 e. The maximum absolute atomic E-state index is 13.0. The van der Waals surface area contributed by atoms with Crippen LogP contribution in [0.4, 0.5) is 5.13 Å². The quantitative estimate of drug-likeness (QED) is 0.139. The van der Waals surface area contributed by atoms with Gasteiger partial charge in [0.05, 0.1) is 21.9 Å². The summed E-state index contributed by atoms with van der Waals surface area (Å²) in [5, 5.41) is 19.5. The molecule has 2 atom stereocenters. The Morgan fingerprint density at radius 2 is 2.11 bits per heavy atom. The number of carboxylic acid groups (broad SMARTS) is 1. The van der Waals surface area contributed by atoms with Gasteiger partial charge in [0.1, 0.15) is 24.2 Å². The monoisotopic (exact) mass is 570 g/mol. The first-order valence-corrected chi connectivity index (χ1v) is 13.5. The number of nitrogen functional groups attached to an aromatic ring is 1. The number of nitrogens with two attached hydrogens (primary N) is 1. The Bertz CT molecular complexity index is 1390. The second-order valence-corrected chi connectivity index (χ2v) is 11.5. The van der Waals surface area contributed by atoms with E-state index in [-0.39, 0.29) is 51.8 Å². The molecule has 2 aliphatic heterocycles. The number of fused-ring (bicyclic) bond motifs is 2. The number of oxime groups is 1. The summed E-state index contributed by atoms with van der Waals surface area (Å²) in [6.07, 6.45) is 0. The summed E-state index contributed by atoms with van der Waals surface area (Å²) in [4.78, 5) is 52.7. The van der Waals surface area contributed by atoms with Crippen molar-refractivity contribution in [3.05, 3.63) is 45.9 Å². The second-order valence-electron chi connectivity index (χ2n) is 7.16. The number of para-hydroxylation sites is 1. The Morgan fingerprint density at radius 3 is 2.78 bits per heavy atom. The van der Waals surface area contributed by atoms with Crippen molar-refractivity contribution in [1.29, 1.82) is 0 Å². The van der Waals surface area contributed by atoms with Crippen LogP contribution in [0.25, 0.3) is 10.2 Å². The van der Waals surface area contributed by atoms with Gasteiger partial charge in [0.15, 0.2) is 15.2 Å². The van der Waals surface area contributed by atoms with Gasteiger partial charge in [-0.15, -0.1) is 34.4 Å². The van der Waals surface area contributed by atoms with Crippen LogP contribution in [0.3, 0.4) is 0 Å². The average molecular weight is 571 g/mol. The van der Waals surface area contributed by atoms with E-state index in [0.29, 0.717) is 15.0 Å². The van der Waals surface area contributed by atoms with Gasteiger partial charge in [0.25, 0.3) is 11.8 Å². The average Bonchev–Trinajstić information content (AvgIpc) is 3.45. The molecule has 0 bridgehead atoms. The third-order valence-electron chi connectivity index (χ3n) is 5.06. The molecular formula is C20H15N6NaO5S4. The zero-order valence-electron chi connectivity index (χ0n) is 18.8. The number of thiazole rings is 2. The van der Waals surface area contributed by atoms with E-state index in [4.69, 9.17) is 10.6 Å². The standard InChI is InChI=1S/C20H16N6O5S4.Na/c1-31-25-12(9-6-33-19(21)22-9)15(27)24-13-16(28)26-14(18(29)30)11(7-32-17(13)26)35-20-23-8-4-2-3-5-10(8)34-20;/h2-6,13,17H,7H2,1H3,(H2,21,22)(H,24,27)(H,29,30);/q;+1/p-1/b25-12-;/t13?,17-;/m0./s1. The molecule has 180 valence electrons. The number of anilines is 1. The fraction of sp³-hybridized carbons (Fsp3) is 0.200. The van der Waals surface area contributed by atoms with Crippen molar-refractivity contribution in [2.24, 2.45) is 5.16 Å². The van der Waals surface area contributed by atoms with E-state index in [1.165, 1.54) is 42.0 Å². The molecule has 0 saturated carbocycles. The molecule has 0 radical (unpaired) electrons. The molecular weight excluding hydrogens is 556 g/mol. The Hall–Kier alpha value is -2.14. The molecule has 2 amide bonds. The fourth-order valence-corrected chi connectivity index (χ4v) is 7.81. The van der Waals surface area contributed by atoms with Gasteiger partial charge in [-0.3, -0.25) is 14.5 Å². The number of rotatable bonds is 7. The van der Waals surface area contributed by atoms with Crippen molar-refractivity contribution in [2.45, 2.75) is 15.8 Å². The first-order valence-electron chi connectivity index (χ1n) is 9.93. The molecule has 0 aliphatic carbocycles. The molecule has 11 nitrogen and oxygen atoms in total. The molecule has 2 aromatic heterocycles. The van der Waals surface area contributed by atoms with E-state index in [9.17, 15) is 19.5 Å². The van der Waals surface area contributed by atoms with Crippen LogP contribution in [0, 0.1) is 0 Å². The molecule has 1 saturated heterocycles. The Morgan fingerprint density at radius 1 is 1.33 bits per heavy atom. The molecule has 1 fully saturated rings. The molecule has 16 heteroatoms. The van der Waals surface area contributed by atoms with Gasteiger partial charge in [-0.05, 0) is 12.1 Å². The number of carboxylic acids is 1. The van der Waals surface area contributed by atoms with Crippen molar-refractivity contribution in [1.82, 2.24) is 20.2 Å². The number of carbonyl (C=O) groups is 3. The Kier molecular flexibility index (Phi) is 8.28. The predicted molar refractivity (Wildman–Crippen MR) is 133 cm³/mol. The molecule has 0 spiro atoms. The summed E-state index contributed by atoms with van der Waals surface area (Å²) in [6, 6.07) is 6.64. The molecule has 2 aliphatic rings. The van der Waals surface area contributed by atoms with Crippen LogP contribution in [-0.4, -0.2) is 62.6 Å². The number of amides is 2. The van der Waals surface area contributed by atoms with Gasteiger partial charge in [0.2, 0.25) is 0 Å². The maximum atomic E-state index is 13.0. The van der Waals surface area contributed by atoms with Crippen molar-refractivity contribution in [3.8, 4) is 0 Å². The number of benzene rings is 1. The Labute approximate surface area is 242 Å². The molecule has 1 unspecified atom stereocenters. The molecule has 4 heterocycles. The molecule has 36 heavy (non-hydrogen) atoms. The van der Waals surface area contributed by atoms with Crippen LogP contribution < -0.4 is 45.7 Å². The van der Waals surface area contributed by atoms with E-state index in [2.05, 4.69) is 20.4 Å². The number of hydrogen-bond acceptors (Lipinski definition) is 13. The minimum Gasteiger partial charge on any atom is -0.543 e. The van der Waals surface area contributed by atoms with Crippen molar-refractivity contribution < 1.29 is 53.9 Å². The number of nitrogens with zero attached hydrogens (tertiary/aromatic N) is 4. The van der Waals surface area contributed by atoms with Crippen LogP contribution in [0.15, 0.2) is 49.7 Å². The normalized spacial score (nSPS) is 19.4. The fourth-order valence-electron chi connectivity index (χ4n) is 3.56. The summed E-state index contributed by atoms with van der Waals surface area (Å²) in [5.74, 6) is -2.40. The van der Waals surface area contributed by atoms with Gasteiger partial charge in [0, 0.05) is 16.0 Å². The zero-order valence-corrected chi connectivity index (χ0v) is 24.1.